The predicted octanol–water partition coefficient (Wildman–Crippen LogP) is 1.89. The largest absolute Gasteiger partial charge is 0.481 e. The van der Waals surface area contributed by atoms with Gasteiger partial charge >= 0.3 is 0 Å². The molecule has 1 aromatic carbocycles. The molecule has 1 N–H and O–H groups in total. The number of carbonyl (C=O) groups excluding carboxylic acids is 1. The van der Waals surface area contributed by atoms with E-state index in [-0.39, 0.29) is 11.3 Å². The van der Waals surface area contributed by atoms with Crippen molar-refractivity contribution in [2.24, 2.45) is 0 Å². The predicted molar refractivity (Wildman–Crippen MR) is 88.6 cm³/mol. The molecule has 3 rings (SSSR count). The maximum absolute atomic E-state index is 12.3. The van der Waals surface area contributed by atoms with Crippen molar-refractivity contribution in [2.45, 2.75) is 0 Å². The molecule has 2 heterocycles. The zero-order valence-corrected chi connectivity index (χ0v) is 12.8. The Kier molecular flexibility index (Phi) is 4.33. The molecule has 2 aromatic heterocycles. The fraction of sp³-hybridized carbons (Fsp3) is 0.0588. The molecule has 0 aliphatic rings. The number of aromatic nitrogens is 3. The second-order valence-electron chi connectivity index (χ2n) is 4.85. The molecule has 1 amide bonds. The zero-order chi connectivity index (χ0) is 16.9. The number of amides is 1. The van der Waals surface area contributed by atoms with E-state index in [4.69, 9.17) is 4.74 Å². The van der Waals surface area contributed by atoms with Crippen LogP contribution in [0, 0.1) is 0 Å². The van der Waals surface area contributed by atoms with Crippen molar-refractivity contribution in [3.05, 3.63) is 76.8 Å². The zero-order valence-electron chi connectivity index (χ0n) is 12.8. The van der Waals surface area contributed by atoms with Crippen LogP contribution in [0.1, 0.15) is 10.5 Å². The van der Waals surface area contributed by atoms with E-state index >= 15 is 0 Å². The SMILES string of the molecule is COc1ccc(NC(=O)c2ccc(=O)n(-c3ccccc3)n2)cn1. The van der Waals surface area contributed by atoms with E-state index in [9.17, 15) is 9.59 Å². The number of benzene rings is 1. The molecule has 24 heavy (non-hydrogen) atoms. The lowest BCUT2D eigenvalue weighted by atomic mass is 10.3. The van der Waals surface area contributed by atoms with Gasteiger partial charge in [0, 0.05) is 12.1 Å². The number of rotatable bonds is 4. The highest BCUT2D eigenvalue weighted by molar-refractivity contribution is 6.02. The molecule has 0 unspecified atom stereocenters. The Bertz CT molecular complexity index is 905. The summed E-state index contributed by atoms with van der Waals surface area (Å²) in [6.45, 7) is 0. The Hall–Kier alpha value is -3.48. The Morgan fingerprint density at radius 3 is 2.54 bits per heavy atom. The van der Waals surface area contributed by atoms with Gasteiger partial charge in [-0.05, 0) is 24.3 Å². The Morgan fingerprint density at radius 1 is 1.08 bits per heavy atom. The van der Waals surface area contributed by atoms with Crippen molar-refractivity contribution in [3.63, 3.8) is 0 Å². The molecule has 7 heteroatoms. The normalized spacial score (nSPS) is 10.2. The number of nitrogens with one attached hydrogen (secondary N) is 1. The molecule has 0 fully saturated rings. The van der Waals surface area contributed by atoms with Gasteiger partial charge in [0.25, 0.3) is 11.5 Å². The molecule has 0 spiro atoms. The smallest absolute Gasteiger partial charge is 0.276 e. The van der Waals surface area contributed by atoms with Gasteiger partial charge in [-0.1, -0.05) is 18.2 Å². The fourth-order valence-corrected chi connectivity index (χ4v) is 2.06. The minimum atomic E-state index is -0.438. The van der Waals surface area contributed by atoms with Gasteiger partial charge in [0.05, 0.1) is 24.7 Å². The van der Waals surface area contributed by atoms with Crippen LogP contribution in [0.25, 0.3) is 5.69 Å². The molecule has 0 aliphatic carbocycles. The first-order chi connectivity index (χ1) is 11.7. The van der Waals surface area contributed by atoms with Crippen molar-refractivity contribution >= 4 is 11.6 Å². The first kappa shape index (κ1) is 15.4. The molecule has 0 saturated carbocycles. The number of ether oxygens (including phenoxy) is 1. The lowest BCUT2D eigenvalue weighted by Gasteiger charge is -2.08. The second kappa shape index (κ2) is 6.74. The highest BCUT2D eigenvalue weighted by Crippen LogP contribution is 2.12. The van der Waals surface area contributed by atoms with Gasteiger partial charge in [0.15, 0.2) is 0 Å². The molecule has 0 saturated heterocycles. The quantitative estimate of drug-likeness (QED) is 0.792. The van der Waals surface area contributed by atoms with Crippen LogP contribution in [0.2, 0.25) is 0 Å². The molecule has 0 aliphatic heterocycles. The third-order valence-electron chi connectivity index (χ3n) is 3.24. The Balaban J connectivity index is 1.86. The summed E-state index contributed by atoms with van der Waals surface area (Å²) in [5.74, 6) is 0.00963. The Labute approximate surface area is 137 Å². The summed E-state index contributed by atoms with van der Waals surface area (Å²) in [5.41, 5.74) is 0.890. The van der Waals surface area contributed by atoms with E-state index in [1.807, 2.05) is 6.07 Å². The van der Waals surface area contributed by atoms with Gasteiger partial charge in [0.1, 0.15) is 5.69 Å². The van der Waals surface area contributed by atoms with Gasteiger partial charge in [-0.2, -0.15) is 9.78 Å². The number of para-hydroxylation sites is 1. The standard InChI is InChI=1S/C17H14N4O3/c1-24-15-9-7-12(11-18-15)19-17(23)14-8-10-16(22)21(20-14)13-5-3-2-4-6-13/h2-11H,1H3,(H,19,23). The highest BCUT2D eigenvalue weighted by Gasteiger charge is 2.11. The van der Waals surface area contributed by atoms with E-state index < -0.39 is 5.91 Å². The first-order valence-electron chi connectivity index (χ1n) is 7.14. The minimum Gasteiger partial charge on any atom is -0.481 e. The van der Waals surface area contributed by atoms with Crippen LogP contribution < -0.4 is 15.6 Å². The van der Waals surface area contributed by atoms with Crippen LogP contribution in [0.4, 0.5) is 5.69 Å². The number of hydrogen-bond donors (Lipinski definition) is 1. The lowest BCUT2D eigenvalue weighted by Crippen LogP contribution is -2.24. The summed E-state index contributed by atoms with van der Waals surface area (Å²) in [5, 5.41) is 6.79. The third-order valence-corrected chi connectivity index (χ3v) is 3.24. The summed E-state index contributed by atoms with van der Waals surface area (Å²) in [6.07, 6.45) is 1.48. The maximum Gasteiger partial charge on any atom is 0.276 e. The average molecular weight is 322 g/mol. The molecule has 7 nitrogen and oxygen atoms in total. The van der Waals surface area contributed by atoms with E-state index in [0.29, 0.717) is 17.3 Å². The topological polar surface area (TPSA) is 86.1 Å². The van der Waals surface area contributed by atoms with Crippen molar-refractivity contribution in [1.29, 1.82) is 0 Å². The molecule has 120 valence electrons. The fourth-order valence-electron chi connectivity index (χ4n) is 2.06. The molecular formula is C17H14N4O3. The first-order valence-corrected chi connectivity index (χ1v) is 7.14. The average Bonchev–Trinajstić information content (AvgIpc) is 2.63. The number of anilines is 1. The van der Waals surface area contributed by atoms with Crippen molar-refractivity contribution in [1.82, 2.24) is 14.8 Å². The van der Waals surface area contributed by atoms with Crippen molar-refractivity contribution in [2.75, 3.05) is 12.4 Å². The molecule has 0 bridgehead atoms. The summed E-state index contributed by atoms with van der Waals surface area (Å²) < 4.78 is 6.14. The summed E-state index contributed by atoms with van der Waals surface area (Å²) in [6, 6.07) is 14.9. The number of methoxy groups -OCH3 is 1. The maximum atomic E-state index is 12.3. The van der Waals surface area contributed by atoms with Gasteiger partial charge in [-0.3, -0.25) is 9.59 Å². The third kappa shape index (κ3) is 3.30. The van der Waals surface area contributed by atoms with Crippen LogP contribution in [0.3, 0.4) is 0 Å². The summed E-state index contributed by atoms with van der Waals surface area (Å²) >= 11 is 0. The van der Waals surface area contributed by atoms with Crippen molar-refractivity contribution < 1.29 is 9.53 Å². The van der Waals surface area contributed by atoms with Crippen LogP contribution in [-0.2, 0) is 0 Å². The summed E-state index contributed by atoms with van der Waals surface area (Å²) in [4.78, 5) is 28.3. The van der Waals surface area contributed by atoms with Crippen molar-refractivity contribution in [3.8, 4) is 11.6 Å². The van der Waals surface area contributed by atoms with Gasteiger partial charge in [-0.15, -0.1) is 0 Å². The number of hydrogen-bond acceptors (Lipinski definition) is 5. The van der Waals surface area contributed by atoms with Gasteiger partial charge in [0.2, 0.25) is 5.88 Å². The van der Waals surface area contributed by atoms with E-state index in [1.165, 1.54) is 30.1 Å². The van der Waals surface area contributed by atoms with Crippen LogP contribution >= 0.6 is 0 Å². The number of carbonyl (C=O) groups is 1. The minimum absolute atomic E-state index is 0.120. The second-order valence-corrected chi connectivity index (χ2v) is 4.85. The highest BCUT2D eigenvalue weighted by atomic mass is 16.5. The molecule has 3 aromatic rings. The van der Waals surface area contributed by atoms with Crippen LogP contribution in [0.5, 0.6) is 5.88 Å². The molecular weight excluding hydrogens is 308 g/mol. The summed E-state index contributed by atoms with van der Waals surface area (Å²) in [7, 11) is 1.51. The molecule has 0 radical (unpaired) electrons. The van der Waals surface area contributed by atoms with E-state index in [0.717, 1.165) is 0 Å². The number of nitrogens with zero attached hydrogens (tertiary/aromatic N) is 3. The van der Waals surface area contributed by atoms with Crippen LogP contribution in [0.15, 0.2) is 65.6 Å². The van der Waals surface area contributed by atoms with Gasteiger partial charge in [-0.25, -0.2) is 4.98 Å². The molecule has 0 atom stereocenters. The number of pyridine rings is 1. The monoisotopic (exact) mass is 322 g/mol. The van der Waals surface area contributed by atoms with Crippen LogP contribution in [-0.4, -0.2) is 27.8 Å². The lowest BCUT2D eigenvalue weighted by molar-refractivity contribution is 0.102. The Morgan fingerprint density at radius 2 is 1.88 bits per heavy atom. The van der Waals surface area contributed by atoms with Gasteiger partial charge < -0.3 is 10.1 Å². The van der Waals surface area contributed by atoms with E-state index in [1.54, 1.807) is 36.4 Å². The van der Waals surface area contributed by atoms with E-state index in [2.05, 4.69) is 15.4 Å².